The molecular formula is C16H27N3O4S. The second kappa shape index (κ2) is 8.09. The average Bonchev–Trinajstić information content (AvgIpc) is 2.87. The molecule has 2 unspecified atom stereocenters. The van der Waals surface area contributed by atoms with Crippen LogP contribution in [0.4, 0.5) is 0 Å². The summed E-state index contributed by atoms with van der Waals surface area (Å²) in [5, 5.41) is 8.34. The zero-order chi connectivity index (χ0) is 17.7. The van der Waals surface area contributed by atoms with Gasteiger partial charge in [-0.25, -0.2) is 13.4 Å². The number of hydrazone groups is 1. The smallest absolute Gasteiger partial charge is 0.267 e. The predicted octanol–water partition coefficient (Wildman–Crippen LogP) is 1.24. The number of unbranched alkanes of at least 4 members (excludes halogenated alkanes) is 2. The van der Waals surface area contributed by atoms with Crippen LogP contribution in [0.3, 0.4) is 0 Å². The fourth-order valence-electron chi connectivity index (χ4n) is 3.07. The monoisotopic (exact) mass is 357 g/mol. The highest BCUT2D eigenvalue weighted by Gasteiger charge is 2.37. The largest absolute Gasteiger partial charge is 0.348 e. The van der Waals surface area contributed by atoms with Crippen molar-refractivity contribution in [3.8, 4) is 0 Å². The maximum Gasteiger partial charge on any atom is 0.267 e. The van der Waals surface area contributed by atoms with Crippen molar-refractivity contribution in [3.05, 3.63) is 0 Å². The number of hydrogen-bond acceptors (Lipinski definition) is 5. The van der Waals surface area contributed by atoms with Crippen LogP contribution >= 0.6 is 0 Å². The molecule has 0 aromatic heterocycles. The number of sulfone groups is 1. The van der Waals surface area contributed by atoms with Crippen LogP contribution < -0.4 is 5.32 Å². The Balaban J connectivity index is 1.97. The zero-order valence-electron chi connectivity index (χ0n) is 14.5. The van der Waals surface area contributed by atoms with E-state index >= 15 is 0 Å². The second-order valence-corrected chi connectivity index (χ2v) is 8.94. The molecule has 2 aliphatic heterocycles. The van der Waals surface area contributed by atoms with Gasteiger partial charge >= 0.3 is 0 Å². The van der Waals surface area contributed by atoms with Gasteiger partial charge in [0.2, 0.25) is 5.91 Å². The number of nitrogens with one attached hydrogen (secondary N) is 1. The maximum atomic E-state index is 12.3. The second-order valence-electron chi connectivity index (χ2n) is 6.71. The number of carbonyl (C=O) groups excluding carboxylic acids is 2. The molecule has 2 rings (SSSR count). The van der Waals surface area contributed by atoms with Gasteiger partial charge < -0.3 is 5.32 Å². The highest BCUT2D eigenvalue weighted by molar-refractivity contribution is 7.91. The fraction of sp³-hybridized carbons (Fsp3) is 0.812. The van der Waals surface area contributed by atoms with Crippen molar-refractivity contribution in [2.75, 3.05) is 11.5 Å². The van der Waals surface area contributed by atoms with Crippen LogP contribution in [-0.2, 0) is 19.4 Å². The van der Waals surface area contributed by atoms with Crippen LogP contribution in [0.2, 0.25) is 0 Å². The molecule has 0 saturated carbocycles. The lowest BCUT2D eigenvalue weighted by molar-refractivity contribution is -0.133. The Bertz CT molecular complexity index is 615. The third-order valence-electron chi connectivity index (χ3n) is 4.49. The highest BCUT2D eigenvalue weighted by Crippen LogP contribution is 2.22. The molecule has 1 fully saturated rings. The van der Waals surface area contributed by atoms with E-state index in [1.54, 1.807) is 0 Å². The molecule has 0 bridgehead atoms. The zero-order valence-corrected chi connectivity index (χ0v) is 15.3. The lowest BCUT2D eigenvalue weighted by Crippen LogP contribution is -2.45. The number of carbonyl (C=O) groups is 2. The van der Waals surface area contributed by atoms with Gasteiger partial charge in [-0.1, -0.05) is 26.2 Å². The molecule has 0 aliphatic carbocycles. The molecule has 0 aromatic carbocycles. The molecule has 0 spiro atoms. The molecule has 1 N–H and O–H groups in total. The summed E-state index contributed by atoms with van der Waals surface area (Å²) in [7, 11) is -3.10. The summed E-state index contributed by atoms with van der Waals surface area (Å²) >= 11 is 0. The number of amides is 2. The number of hydrogen-bond donors (Lipinski definition) is 1. The summed E-state index contributed by atoms with van der Waals surface area (Å²) < 4.78 is 23.2. The predicted molar refractivity (Wildman–Crippen MR) is 92.3 cm³/mol. The molecular weight excluding hydrogens is 330 g/mol. The lowest BCUT2D eigenvalue weighted by Gasteiger charge is -2.28. The van der Waals surface area contributed by atoms with Crippen molar-refractivity contribution in [1.29, 1.82) is 0 Å². The van der Waals surface area contributed by atoms with Crippen LogP contribution in [0.15, 0.2) is 5.10 Å². The first-order chi connectivity index (χ1) is 11.3. The van der Waals surface area contributed by atoms with E-state index in [9.17, 15) is 18.0 Å². The summed E-state index contributed by atoms with van der Waals surface area (Å²) in [6.45, 7) is 4.10. The van der Waals surface area contributed by atoms with E-state index in [-0.39, 0.29) is 35.8 Å². The Labute approximate surface area is 143 Å². The first-order valence-corrected chi connectivity index (χ1v) is 10.6. The fourth-order valence-corrected chi connectivity index (χ4v) is 4.76. The van der Waals surface area contributed by atoms with Gasteiger partial charge in [0.25, 0.3) is 5.91 Å². The molecule has 7 nitrogen and oxygen atoms in total. The number of nitrogens with zero attached hydrogens (tertiary/aromatic N) is 2. The van der Waals surface area contributed by atoms with Gasteiger partial charge in [-0.3, -0.25) is 9.59 Å². The van der Waals surface area contributed by atoms with E-state index in [1.807, 2.05) is 6.92 Å². The van der Waals surface area contributed by atoms with E-state index < -0.39 is 15.9 Å². The maximum absolute atomic E-state index is 12.3. The third kappa shape index (κ3) is 5.03. The Hall–Kier alpha value is -1.44. The molecule has 0 aromatic rings. The Kier molecular flexibility index (Phi) is 6.37. The van der Waals surface area contributed by atoms with E-state index in [0.717, 1.165) is 25.7 Å². The molecule has 136 valence electrons. The summed E-state index contributed by atoms with van der Waals surface area (Å²) in [6.07, 6.45) is 5.15. The molecule has 2 amide bonds. The Morgan fingerprint density at radius 2 is 2.12 bits per heavy atom. The van der Waals surface area contributed by atoms with E-state index in [1.165, 1.54) is 5.01 Å². The summed E-state index contributed by atoms with van der Waals surface area (Å²) in [6, 6.07) is -0.378. The van der Waals surface area contributed by atoms with Crippen LogP contribution in [-0.4, -0.2) is 54.5 Å². The van der Waals surface area contributed by atoms with Gasteiger partial charge in [0.05, 0.1) is 17.5 Å². The van der Waals surface area contributed by atoms with Gasteiger partial charge in [0.15, 0.2) is 9.84 Å². The van der Waals surface area contributed by atoms with Gasteiger partial charge in [0.1, 0.15) is 5.71 Å². The van der Waals surface area contributed by atoms with E-state index in [4.69, 9.17) is 0 Å². The topological polar surface area (TPSA) is 95.9 Å². The minimum Gasteiger partial charge on any atom is -0.348 e. The number of rotatable bonds is 7. The van der Waals surface area contributed by atoms with Crippen molar-refractivity contribution < 1.29 is 18.0 Å². The normalized spacial score (nSPS) is 24.6. The molecule has 1 saturated heterocycles. The molecule has 2 atom stereocenters. The molecule has 8 heteroatoms. The van der Waals surface area contributed by atoms with Gasteiger partial charge in [-0.2, -0.15) is 5.10 Å². The lowest BCUT2D eigenvalue weighted by atomic mass is 10.1. The molecule has 2 heterocycles. The van der Waals surface area contributed by atoms with Crippen LogP contribution in [0, 0.1) is 0 Å². The first kappa shape index (κ1) is 18.9. The van der Waals surface area contributed by atoms with E-state index in [0.29, 0.717) is 18.6 Å². The van der Waals surface area contributed by atoms with Crippen LogP contribution in [0.5, 0.6) is 0 Å². The Morgan fingerprint density at radius 1 is 1.38 bits per heavy atom. The van der Waals surface area contributed by atoms with E-state index in [2.05, 4.69) is 17.3 Å². The standard InChI is InChI=1S/C16H27N3O4S/c1-3-4-5-6-12(2)17-16(21)14-7-8-15(20)19(18-14)13-9-10-24(22,23)11-13/h12-13H,3-11H2,1-2H3,(H,17,21). The SMILES string of the molecule is CCCCCC(C)NC(=O)C1=NN(C2CCS(=O)(=O)C2)C(=O)CC1. The minimum atomic E-state index is -3.10. The highest BCUT2D eigenvalue weighted by atomic mass is 32.2. The van der Waals surface area contributed by atoms with Crippen molar-refractivity contribution >= 4 is 27.4 Å². The molecule has 24 heavy (non-hydrogen) atoms. The third-order valence-corrected chi connectivity index (χ3v) is 6.24. The summed E-state index contributed by atoms with van der Waals surface area (Å²) in [5.41, 5.74) is 0.321. The average molecular weight is 357 g/mol. The molecule has 2 aliphatic rings. The first-order valence-electron chi connectivity index (χ1n) is 8.73. The van der Waals surface area contributed by atoms with Crippen molar-refractivity contribution in [2.24, 2.45) is 5.10 Å². The summed E-state index contributed by atoms with van der Waals surface area (Å²) in [5.74, 6) is -0.445. The van der Waals surface area contributed by atoms with Crippen molar-refractivity contribution in [3.63, 3.8) is 0 Å². The van der Waals surface area contributed by atoms with Crippen LogP contribution in [0.1, 0.15) is 58.8 Å². The van der Waals surface area contributed by atoms with Crippen molar-refractivity contribution in [2.45, 2.75) is 70.9 Å². The Morgan fingerprint density at radius 3 is 2.75 bits per heavy atom. The minimum absolute atomic E-state index is 0.0599. The van der Waals surface area contributed by atoms with Gasteiger partial charge in [0, 0.05) is 18.9 Å². The van der Waals surface area contributed by atoms with Crippen molar-refractivity contribution in [1.82, 2.24) is 10.3 Å². The molecule has 0 radical (unpaired) electrons. The van der Waals surface area contributed by atoms with Crippen LogP contribution in [0.25, 0.3) is 0 Å². The summed E-state index contributed by atoms with van der Waals surface area (Å²) in [4.78, 5) is 24.4. The van der Waals surface area contributed by atoms with Gasteiger partial charge in [-0.05, 0) is 19.8 Å². The van der Waals surface area contributed by atoms with Gasteiger partial charge in [-0.15, -0.1) is 0 Å². The quantitative estimate of drug-likeness (QED) is 0.693.